The molecule has 4 heteroatoms. The number of hydrogen-bond donors (Lipinski definition) is 2. The van der Waals surface area contributed by atoms with Gasteiger partial charge in [0.25, 0.3) is 0 Å². The number of carbonyl (C=O) groups excluding carboxylic acids is 2. The van der Waals surface area contributed by atoms with Crippen LogP contribution in [0.25, 0.3) is 0 Å². The molecule has 1 aromatic carbocycles. The molecule has 2 N–H and O–H groups in total. The smallest absolute Gasteiger partial charge is 0.249 e. The number of hydrogen-bond acceptors (Lipinski definition) is 3. The number of imide groups is 1. The zero-order chi connectivity index (χ0) is 17.9. The minimum absolute atomic E-state index is 0.171. The van der Waals surface area contributed by atoms with E-state index in [2.05, 4.69) is 34.9 Å². The number of rotatable bonds is 6. The van der Waals surface area contributed by atoms with Gasteiger partial charge in [0.2, 0.25) is 11.8 Å². The second kappa shape index (κ2) is 7.81. The molecule has 1 heterocycles. The molecule has 3 unspecified atom stereocenters. The van der Waals surface area contributed by atoms with Crippen molar-refractivity contribution in [2.75, 3.05) is 5.32 Å². The molecule has 0 spiro atoms. The third-order valence-electron chi connectivity index (χ3n) is 6.60. The first kappa shape index (κ1) is 17.6. The van der Waals surface area contributed by atoms with Crippen molar-refractivity contribution in [1.29, 1.82) is 0 Å². The molecular weight excluding hydrogens is 324 g/mol. The molecule has 2 aliphatic carbocycles. The highest BCUT2D eigenvalue weighted by Gasteiger charge is 2.29. The van der Waals surface area contributed by atoms with Crippen molar-refractivity contribution in [1.82, 2.24) is 5.32 Å². The summed E-state index contributed by atoms with van der Waals surface area (Å²) in [5, 5.41) is 5.64. The van der Waals surface area contributed by atoms with E-state index in [9.17, 15) is 9.59 Å². The molecule has 3 atom stereocenters. The third kappa shape index (κ3) is 4.28. The normalized spacial score (nSPS) is 29.3. The number of piperidine rings is 1. The van der Waals surface area contributed by atoms with Crippen molar-refractivity contribution >= 4 is 17.5 Å². The fourth-order valence-corrected chi connectivity index (χ4v) is 4.88. The van der Waals surface area contributed by atoms with E-state index >= 15 is 0 Å². The first-order valence-electron chi connectivity index (χ1n) is 10.3. The zero-order valence-corrected chi connectivity index (χ0v) is 15.5. The summed E-state index contributed by atoms with van der Waals surface area (Å²) in [6, 6.07) is 8.21. The summed E-state index contributed by atoms with van der Waals surface area (Å²) in [5.74, 6) is 2.47. The monoisotopic (exact) mass is 354 g/mol. The largest absolute Gasteiger partial charge is 0.374 e. The molecule has 4 nitrogen and oxygen atoms in total. The fraction of sp³-hybridized carbons (Fsp3) is 0.636. The van der Waals surface area contributed by atoms with Crippen LogP contribution in [-0.4, -0.2) is 17.9 Å². The zero-order valence-electron chi connectivity index (χ0n) is 15.5. The summed E-state index contributed by atoms with van der Waals surface area (Å²) in [7, 11) is 0. The molecule has 1 aromatic rings. The van der Waals surface area contributed by atoms with Gasteiger partial charge in [-0.25, -0.2) is 0 Å². The number of benzene rings is 1. The maximum absolute atomic E-state index is 11.8. The van der Waals surface area contributed by atoms with Crippen LogP contribution < -0.4 is 10.6 Å². The molecule has 4 rings (SSSR count). The SMILES string of the molecule is O=C1CCC(Nc2ccc(CC3CCC(CC4CCC4)C3)cc2)C(=O)N1. The van der Waals surface area contributed by atoms with E-state index in [1.165, 1.54) is 56.9 Å². The van der Waals surface area contributed by atoms with Crippen molar-refractivity contribution in [2.45, 2.75) is 70.3 Å². The number of carbonyl (C=O) groups is 2. The highest BCUT2D eigenvalue weighted by atomic mass is 16.2. The second-order valence-electron chi connectivity index (χ2n) is 8.63. The van der Waals surface area contributed by atoms with Crippen molar-refractivity contribution in [3.8, 4) is 0 Å². The average molecular weight is 354 g/mol. The Labute approximate surface area is 156 Å². The standard InChI is InChI=1S/C22H30N2O2/c25-21-11-10-20(22(26)24-21)23-19-8-6-16(7-9-19)13-18-5-4-17(14-18)12-15-2-1-3-15/h6-9,15,17-18,20,23H,1-5,10-14H2,(H,24,25,26). The van der Waals surface area contributed by atoms with Crippen LogP contribution in [0.2, 0.25) is 0 Å². The Morgan fingerprint density at radius 3 is 2.38 bits per heavy atom. The van der Waals surface area contributed by atoms with Gasteiger partial charge >= 0.3 is 0 Å². The van der Waals surface area contributed by atoms with E-state index in [1.54, 1.807) is 0 Å². The van der Waals surface area contributed by atoms with Gasteiger partial charge in [0.1, 0.15) is 6.04 Å². The predicted octanol–water partition coefficient (Wildman–Crippen LogP) is 4.05. The van der Waals surface area contributed by atoms with Crippen LogP contribution in [0.3, 0.4) is 0 Å². The molecule has 26 heavy (non-hydrogen) atoms. The molecule has 0 aromatic heterocycles. The Kier molecular flexibility index (Phi) is 5.28. The number of nitrogens with one attached hydrogen (secondary N) is 2. The van der Waals surface area contributed by atoms with Gasteiger partial charge < -0.3 is 5.32 Å². The third-order valence-corrected chi connectivity index (χ3v) is 6.60. The molecular formula is C22H30N2O2. The van der Waals surface area contributed by atoms with Gasteiger partial charge in [0, 0.05) is 12.1 Å². The highest BCUT2D eigenvalue weighted by molar-refractivity contribution is 6.01. The van der Waals surface area contributed by atoms with Crippen molar-refractivity contribution in [3.05, 3.63) is 29.8 Å². The van der Waals surface area contributed by atoms with E-state index in [4.69, 9.17) is 0 Å². The minimum Gasteiger partial charge on any atom is -0.374 e. The highest BCUT2D eigenvalue weighted by Crippen LogP contribution is 2.41. The van der Waals surface area contributed by atoms with Crippen LogP contribution in [0.1, 0.15) is 63.4 Å². The van der Waals surface area contributed by atoms with Crippen LogP contribution in [-0.2, 0) is 16.0 Å². The molecule has 0 bridgehead atoms. The Bertz CT molecular complexity index is 651. The molecule has 0 radical (unpaired) electrons. The average Bonchev–Trinajstić information content (AvgIpc) is 3.03. The summed E-state index contributed by atoms with van der Waals surface area (Å²) < 4.78 is 0. The Hall–Kier alpha value is -1.84. The number of amides is 2. The molecule has 2 amide bonds. The van der Waals surface area contributed by atoms with Crippen LogP contribution >= 0.6 is 0 Å². The topological polar surface area (TPSA) is 58.2 Å². The van der Waals surface area contributed by atoms with Crippen LogP contribution in [0.5, 0.6) is 0 Å². The summed E-state index contributed by atoms with van der Waals surface area (Å²) in [4.78, 5) is 23.1. The maximum Gasteiger partial charge on any atom is 0.249 e. The van der Waals surface area contributed by atoms with Crippen LogP contribution in [0.4, 0.5) is 5.69 Å². The molecule has 3 fully saturated rings. The Balaban J connectivity index is 1.25. The molecule has 1 saturated heterocycles. The molecule has 140 valence electrons. The number of anilines is 1. The van der Waals surface area contributed by atoms with E-state index in [0.717, 1.165) is 23.4 Å². The van der Waals surface area contributed by atoms with Gasteiger partial charge in [-0.3, -0.25) is 14.9 Å². The van der Waals surface area contributed by atoms with Crippen molar-refractivity contribution in [2.24, 2.45) is 17.8 Å². The lowest BCUT2D eigenvalue weighted by Gasteiger charge is -2.28. The van der Waals surface area contributed by atoms with E-state index in [1.807, 2.05) is 0 Å². The molecule has 3 aliphatic rings. The molecule has 2 saturated carbocycles. The van der Waals surface area contributed by atoms with Gasteiger partial charge in [-0.2, -0.15) is 0 Å². The fourth-order valence-electron chi connectivity index (χ4n) is 4.88. The van der Waals surface area contributed by atoms with Crippen molar-refractivity contribution in [3.63, 3.8) is 0 Å². The van der Waals surface area contributed by atoms with E-state index in [-0.39, 0.29) is 17.9 Å². The van der Waals surface area contributed by atoms with E-state index in [0.29, 0.717) is 12.8 Å². The second-order valence-corrected chi connectivity index (χ2v) is 8.63. The summed E-state index contributed by atoms with van der Waals surface area (Å²) >= 11 is 0. The molecule has 1 aliphatic heterocycles. The Morgan fingerprint density at radius 2 is 1.69 bits per heavy atom. The van der Waals surface area contributed by atoms with Gasteiger partial charge in [-0.1, -0.05) is 37.8 Å². The summed E-state index contributed by atoms with van der Waals surface area (Å²) in [6.45, 7) is 0. The quantitative estimate of drug-likeness (QED) is 0.758. The lowest BCUT2D eigenvalue weighted by atomic mass is 9.78. The lowest BCUT2D eigenvalue weighted by molar-refractivity contribution is -0.133. The van der Waals surface area contributed by atoms with E-state index < -0.39 is 0 Å². The first-order valence-corrected chi connectivity index (χ1v) is 10.3. The summed E-state index contributed by atoms with van der Waals surface area (Å²) in [6.07, 6.45) is 12.3. The first-order chi connectivity index (χ1) is 12.7. The maximum atomic E-state index is 11.8. The van der Waals surface area contributed by atoms with Gasteiger partial charge in [-0.15, -0.1) is 0 Å². The van der Waals surface area contributed by atoms with Gasteiger partial charge in [0.15, 0.2) is 0 Å². The van der Waals surface area contributed by atoms with Crippen LogP contribution in [0.15, 0.2) is 24.3 Å². The Morgan fingerprint density at radius 1 is 0.923 bits per heavy atom. The minimum atomic E-state index is -0.305. The predicted molar refractivity (Wildman–Crippen MR) is 103 cm³/mol. The van der Waals surface area contributed by atoms with Gasteiger partial charge in [0.05, 0.1) is 0 Å². The van der Waals surface area contributed by atoms with Gasteiger partial charge in [-0.05, 0) is 67.6 Å². The van der Waals surface area contributed by atoms with Crippen LogP contribution in [0, 0.1) is 17.8 Å². The van der Waals surface area contributed by atoms with Crippen molar-refractivity contribution < 1.29 is 9.59 Å². The lowest BCUT2D eigenvalue weighted by Crippen LogP contribution is -2.47. The summed E-state index contributed by atoms with van der Waals surface area (Å²) in [5.41, 5.74) is 2.35.